The molecule has 0 spiro atoms. The first-order chi connectivity index (χ1) is 48.9. The van der Waals surface area contributed by atoms with Gasteiger partial charge in [-0.1, -0.05) is 29.7 Å². The highest BCUT2D eigenvalue weighted by atomic mass is 33.1. The van der Waals surface area contributed by atoms with Crippen LogP contribution >= 0.6 is 21.6 Å². The average molecular weight is 1520 g/mol. The van der Waals surface area contributed by atoms with Crippen LogP contribution in [0.4, 0.5) is 0 Å². The highest BCUT2D eigenvalue weighted by molar-refractivity contribution is 8.76. The summed E-state index contributed by atoms with van der Waals surface area (Å²) in [5.41, 5.74) is 12.8. The maximum atomic E-state index is 14.0. The number of carbonyl (C=O) groups is 16. The smallest absolute Gasteiger partial charge is 0.303 e. The van der Waals surface area contributed by atoms with Gasteiger partial charge in [0, 0.05) is 137 Å². The van der Waals surface area contributed by atoms with Gasteiger partial charge in [0.1, 0.15) is 10.8 Å². The fourth-order valence-electron chi connectivity index (χ4n) is 11.5. The van der Waals surface area contributed by atoms with E-state index in [0.717, 1.165) is 0 Å². The van der Waals surface area contributed by atoms with E-state index in [1.165, 1.54) is 21.6 Å². The van der Waals surface area contributed by atoms with E-state index in [2.05, 4.69) is 36.9 Å². The van der Waals surface area contributed by atoms with Crippen LogP contribution in [-0.4, -0.2) is 205 Å². The molecule has 1 aromatic rings. The maximum Gasteiger partial charge on any atom is 0.303 e. The molecule has 21 N–H and O–H groups in total. The molecule has 1 heterocycles. The summed E-state index contributed by atoms with van der Waals surface area (Å²) < 4.78 is 0. The van der Waals surface area contributed by atoms with Gasteiger partial charge in [-0.3, -0.25) is 76.7 Å². The molecule has 0 saturated heterocycles. The lowest BCUT2D eigenvalue weighted by atomic mass is 9.82. The number of carboxylic acids is 9. The van der Waals surface area contributed by atoms with Crippen molar-refractivity contribution in [1.29, 1.82) is 0 Å². The minimum absolute atomic E-state index is 0.00914. The number of pyridine rings is 1. The van der Waals surface area contributed by atoms with E-state index in [9.17, 15) is 123 Å². The standard InChI is InChI=1S/C67H106N10O25S2/c68-45(61(100)75-65(31-18-52(82)83,32-19-53(84)85)33-20-54(86)87)11-3-1-2-10-44(78)15-28-64(74-50(81)27-43-103-104-51-14-6-9-42-73-51,29-16-48(79)71-40-7-4-12-46(69)62(101)76-66(34-21-55(88)89,35-22-56(90)91)36-23-57(92)93)30-17-49(80)72-41-8-5-13-47(70)63(102)77-67(37-24-58(94)95,38-25-59(96)97)39-26-60(98)99/h6,9,14,42,45-47H,1-5,7-8,10-13,15-41,43,68-70H2,(H,71,79)(H,72,80)(H,74,81)(H,75,100)(H,76,101)(H,77,102)(H,82,83)(H,84,85)(H,86,87)(H,88,89)(H,90,91)(H,92,93)(H,94,95)(H,96,97)(H,98,99). The molecule has 6 amide bonds. The van der Waals surface area contributed by atoms with Gasteiger partial charge in [-0.25, -0.2) is 4.98 Å². The van der Waals surface area contributed by atoms with Gasteiger partial charge in [-0.2, -0.15) is 0 Å². The summed E-state index contributed by atoms with van der Waals surface area (Å²) in [6.45, 7) is 0.119. The molecule has 35 nitrogen and oxygen atoms in total. The van der Waals surface area contributed by atoms with Crippen molar-refractivity contribution in [3.05, 3.63) is 24.4 Å². The van der Waals surface area contributed by atoms with E-state index in [0.29, 0.717) is 24.3 Å². The highest BCUT2D eigenvalue weighted by Crippen LogP contribution is 2.33. The number of carbonyl (C=O) groups excluding carboxylic acids is 7. The van der Waals surface area contributed by atoms with E-state index >= 15 is 0 Å². The number of Topliss-reactive ketones (excluding diaryl/α,β-unsaturated/α-hetero) is 1. The first-order valence-corrected chi connectivity index (χ1v) is 37.0. The van der Waals surface area contributed by atoms with E-state index < -0.39 is 187 Å². The predicted octanol–water partition coefficient (Wildman–Crippen LogP) is 3.83. The molecule has 0 bridgehead atoms. The summed E-state index contributed by atoms with van der Waals surface area (Å²) in [6, 6.07) is 1.72. The zero-order chi connectivity index (χ0) is 78.3. The van der Waals surface area contributed by atoms with Crippen molar-refractivity contribution >= 4 is 117 Å². The van der Waals surface area contributed by atoms with Crippen LogP contribution in [0.15, 0.2) is 29.4 Å². The SMILES string of the molecule is NC(CCCCCC(=O)CCC(CCC(=O)NCCCCC(N)C(=O)NC(CCC(=O)O)(CCC(=O)O)CCC(=O)O)(CCC(=O)NCCCCC(N)C(=O)NC(CCC(=O)O)(CCC(=O)O)CCC(=O)O)NC(=O)CCSSc1ccccn1)C(=O)NC(CCC(=O)O)(CCC(=O)O)CCC(=O)O. The third-order valence-electron chi connectivity index (χ3n) is 17.7. The molecule has 37 heteroatoms. The minimum Gasteiger partial charge on any atom is -0.481 e. The fourth-order valence-corrected chi connectivity index (χ4v) is 13.4. The molecular formula is C67H106N10O25S2. The van der Waals surface area contributed by atoms with E-state index in [4.69, 9.17) is 17.2 Å². The van der Waals surface area contributed by atoms with Gasteiger partial charge in [0.05, 0.1) is 18.1 Å². The molecule has 1 rings (SSSR count). The lowest BCUT2D eigenvalue weighted by molar-refractivity contribution is -0.141. The van der Waals surface area contributed by atoms with E-state index in [1.54, 1.807) is 24.4 Å². The van der Waals surface area contributed by atoms with Crippen molar-refractivity contribution in [2.75, 3.05) is 18.8 Å². The van der Waals surface area contributed by atoms with Crippen LogP contribution in [0.25, 0.3) is 0 Å². The summed E-state index contributed by atoms with van der Waals surface area (Å²) in [5.74, 6) is -15.1. The van der Waals surface area contributed by atoms with E-state index in [-0.39, 0.29) is 179 Å². The molecule has 3 unspecified atom stereocenters. The van der Waals surface area contributed by atoms with Crippen LogP contribution < -0.4 is 49.1 Å². The van der Waals surface area contributed by atoms with Gasteiger partial charge in [-0.05, 0) is 151 Å². The molecule has 0 fully saturated rings. The summed E-state index contributed by atoms with van der Waals surface area (Å²) in [4.78, 5) is 204. The van der Waals surface area contributed by atoms with Crippen LogP contribution in [0.1, 0.15) is 231 Å². The van der Waals surface area contributed by atoms with Gasteiger partial charge in [0.15, 0.2) is 0 Å². The number of nitrogens with one attached hydrogen (secondary N) is 6. The summed E-state index contributed by atoms with van der Waals surface area (Å²) in [6.07, 6.45) is -4.06. The zero-order valence-corrected chi connectivity index (χ0v) is 60.3. The van der Waals surface area contributed by atoms with Crippen LogP contribution in [0.2, 0.25) is 0 Å². The van der Waals surface area contributed by atoms with Crippen LogP contribution in [0, 0.1) is 0 Å². The Bertz CT molecular complexity index is 2600. The number of nitrogens with two attached hydrogens (primary N) is 3. The zero-order valence-electron chi connectivity index (χ0n) is 58.7. The van der Waals surface area contributed by atoms with Crippen LogP contribution in [0.3, 0.4) is 0 Å². The Morgan fingerprint density at radius 2 is 0.644 bits per heavy atom. The number of hydrogen-bond donors (Lipinski definition) is 18. The number of hydrogen-bond acceptors (Lipinski definition) is 22. The Morgan fingerprint density at radius 1 is 0.346 bits per heavy atom. The molecule has 1 aromatic heterocycles. The number of aliphatic carboxylic acids is 9. The second-order valence-electron chi connectivity index (χ2n) is 26.2. The topological polar surface area (TPSA) is 618 Å². The maximum absolute atomic E-state index is 14.0. The van der Waals surface area contributed by atoms with Gasteiger partial charge in [0.2, 0.25) is 35.4 Å². The normalized spacial score (nSPS) is 13.0. The molecule has 0 saturated carbocycles. The molecule has 3 atom stereocenters. The lowest BCUT2D eigenvalue weighted by Gasteiger charge is -2.35. The van der Waals surface area contributed by atoms with Gasteiger partial charge in [0.25, 0.3) is 0 Å². The van der Waals surface area contributed by atoms with Crippen molar-refractivity contribution < 1.29 is 123 Å². The number of aromatic nitrogens is 1. The van der Waals surface area contributed by atoms with Gasteiger partial charge < -0.3 is 95.1 Å². The molecule has 0 aromatic carbocycles. The largest absolute Gasteiger partial charge is 0.481 e. The predicted molar refractivity (Wildman–Crippen MR) is 376 cm³/mol. The molecule has 586 valence electrons. The number of rotatable bonds is 64. The number of amides is 6. The first kappa shape index (κ1) is 93.5. The number of nitrogens with zero attached hydrogens (tertiary/aromatic N) is 1. The monoisotopic (exact) mass is 1510 g/mol. The minimum atomic E-state index is -1.51. The number of ketones is 1. The Kier molecular flexibility index (Phi) is 45.6. The van der Waals surface area contributed by atoms with Crippen molar-refractivity contribution in [1.82, 2.24) is 36.9 Å². The van der Waals surface area contributed by atoms with E-state index in [1.807, 2.05) is 0 Å². The molecule has 0 aliphatic rings. The van der Waals surface area contributed by atoms with Crippen molar-refractivity contribution in [3.63, 3.8) is 0 Å². The van der Waals surface area contributed by atoms with Crippen LogP contribution in [-0.2, 0) is 76.7 Å². The highest BCUT2D eigenvalue weighted by Gasteiger charge is 2.39. The first-order valence-electron chi connectivity index (χ1n) is 34.7. The molecule has 0 aliphatic carbocycles. The quantitative estimate of drug-likeness (QED) is 0.0325. The Balaban J connectivity index is 3.45. The third kappa shape index (κ3) is 44.2. The Labute approximate surface area is 610 Å². The summed E-state index contributed by atoms with van der Waals surface area (Å²) in [7, 11) is 2.67. The lowest BCUT2D eigenvalue weighted by Crippen LogP contribution is -2.54. The molecular weight excluding hydrogens is 1410 g/mol. The molecule has 0 aliphatic heterocycles. The van der Waals surface area contributed by atoms with Crippen molar-refractivity contribution in [3.8, 4) is 0 Å². The second kappa shape index (κ2) is 50.8. The third-order valence-corrected chi connectivity index (χ3v) is 19.9. The number of carboxylic acid groups (broad SMARTS) is 9. The Hall–Kier alpha value is -8.55. The van der Waals surface area contributed by atoms with Gasteiger partial charge >= 0.3 is 53.7 Å². The summed E-state index contributed by atoms with van der Waals surface area (Å²) >= 11 is 0. The van der Waals surface area contributed by atoms with Gasteiger partial charge in [-0.15, -0.1) is 0 Å². The average Bonchev–Trinajstić information content (AvgIpc) is 0.864. The summed E-state index contributed by atoms with van der Waals surface area (Å²) in [5, 5.41) is 102. The van der Waals surface area contributed by atoms with Crippen molar-refractivity contribution in [2.24, 2.45) is 17.2 Å². The second-order valence-corrected chi connectivity index (χ2v) is 28.6. The van der Waals surface area contributed by atoms with Crippen molar-refractivity contribution in [2.45, 2.75) is 276 Å². The Morgan fingerprint density at radius 3 is 0.952 bits per heavy atom. The molecule has 104 heavy (non-hydrogen) atoms. The number of unbranched alkanes of at least 4 members (excludes halogenated alkanes) is 4. The fraction of sp³-hybridized carbons (Fsp3) is 0.687. The molecule has 0 radical (unpaired) electrons. The van der Waals surface area contributed by atoms with Crippen LogP contribution in [0.5, 0.6) is 0 Å².